The van der Waals surface area contributed by atoms with Gasteiger partial charge in [0.1, 0.15) is 0 Å². The molecule has 6 heteroatoms. The van der Waals surface area contributed by atoms with Gasteiger partial charge in [-0.25, -0.2) is 9.78 Å². The minimum atomic E-state index is -0.368. The molecule has 0 amide bonds. The number of carbonyl (C=O) groups excluding carboxylic acids is 1. The zero-order valence-electron chi connectivity index (χ0n) is 16.1. The summed E-state index contributed by atoms with van der Waals surface area (Å²) in [5, 5.41) is 0.624. The van der Waals surface area contributed by atoms with Crippen molar-refractivity contribution in [2.45, 2.75) is 24.3 Å². The lowest BCUT2D eigenvalue weighted by Gasteiger charge is -2.13. The molecule has 0 aliphatic rings. The number of thioether (sulfide) groups is 1. The zero-order chi connectivity index (χ0) is 20.1. The number of aromatic nitrogens is 2. The van der Waals surface area contributed by atoms with E-state index in [0.717, 1.165) is 16.8 Å². The van der Waals surface area contributed by atoms with Crippen LogP contribution < -0.4 is 5.56 Å². The molecule has 0 spiro atoms. The molecular weight excluding hydrogens is 372 g/mol. The van der Waals surface area contributed by atoms with E-state index in [4.69, 9.17) is 4.74 Å². The summed E-state index contributed by atoms with van der Waals surface area (Å²) < 4.78 is 6.42. The highest BCUT2D eigenvalue weighted by Crippen LogP contribution is 2.23. The molecule has 0 radical (unpaired) electrons. The second-order valence-corrected chi connectivity index (χ2v) is 7.36. The minimum absolute atomic E-state index is 0.0416. The summed E-state index contributed by atoms with van der Waals surface area (Å²) in [6.07, 6.45) is 0.558. The molecule has 28 heavy (non-hydrogen) atoms. The standard InChI is InChI=1S/C22H22N2O3S/c1-15-19(13-16-9-5-4-6-10-16)20(25)24(2)22(23-15)28-14-17-11-7-8-12-18(17)21(26)27-3/h4-12H,13-14H2,1-3H3. The number of aryl methyl sites for hydroxylation is 1. The number of rotatable bonds is 6. The van der Waals surface area contributed by atoms with Crippen molar-refractivity contribution in [1.29, 1.82) is 0 Å². The quantitative estimate of drug-likeness (QED) is 0.362. The van der Waals surface area contributed by atoms with Crippen molar-refractivity contribution < 1.29 is 9.53 Å². The van der Waals surface area contributed by atoms with Crippen molar-refractivity contribution in [3.63, 3.8) is 0 Å². The molecule has 0 fully saturated rings. The molecule has 1 heterocycles. The number of ether oxygens (including phenoxy) is 1. The second kappa shape index (κ2) is 8.89. The van der Waals surface area contributed by atoms with Crippen LogP contribution in [0.5, 0.6) is 0 Å². The van der Waals surface area contributed by atoms with E-state index in [-0.39, 0.29) is 11.5 Å². The molecule has 0 atom stereocenters. The maximum Gasteiger partial charge on any atom is 0.338 e. The number of carbonyl (C=O) groups is 1. The number of methoxy groups -OCH3 is 1. The lowest BCUT2D eigenvalue weighted by Crippen LogP contribution is -2.25. The van der Waals surface area contributed by atoms with Gasteiger partial charge in [0.15, 0.2) is 5.16 Å². The SMILES string of the molecule is COC(=O)c1ccccc1CSc1nc(C)c(Cc2ccccc2)c(=O)n1C. The monoisotopic (exact) mass is 394 g/mol. The summed E-state index contributed by atoms with van der Waals surface area (Å²) in [4.78, 5) is 29.5. The first-order valence-electron chi connectivity index (χ1n) is 8.90. The molecule has 0 unspecified atom stereocenters. The van der Waals surface area contributed by atoms with Gasteiger partial charge in [-0.05, 0) is 24.1 Å². The summed E-state index contributed by atoms with van der Waals surface area (Å²) >= 11 is 1.43. The number of esters is 1. The Morgan fingerprint density at radius 3 is 2.50 bits per heavy atom. The Hall–Kier alpha value is -2.86. The smallest absolute Gasteiger partial charge is 0.338 e. The van der Waals surface area contributed by atoms with Crippen LogP contribution >= 0.6 is 11.8 Å². The lowest BCUT2D eigenvalue weighted by atomic mass is 10.1. The van der Waals surface area contributed by atoms with E-state index in [9.17, 15) is 9.59 Å². The molecule has 0 N–H and O–H groups in total. The molecule has 144 valence electrons. The van der Waals surface area contributed by atoms with Gasteiger partial charge in [-0.3, -0.25) is 9.36 Å². The third-order valence-electron chi connectivity index (χ3n) is 4.55. The average molecular weight is 394 g/mol. The van der Waals surface area contributed by atoms with Gasteiger partial charge in [-0.2, -0.15) is 0 Å². The highest BCUT2D eigenvalue weighted by molar-refractivity contribution is 7.98. The molecule has 0 bridgehead atoms. The van der Waals surface area contributed by atoms with Crippen LogP contribution in [-0.2, 0) is 24.0 Å². The van der Waals surface area contributed by atoms with Crippen LogP contribution in [0.4, 0.5) is 0 Å². The molecule has 0 saturated heterocycles. The van der Waals surface area contributed by atoms with Crippen LogP contribution in [0.1, 0.15) is 32.7 Å². The van der Waals surface area contributed by atoms with Gasteiger partial charge >= 0.3 is 5.97 Å². The summed E-state index contributed by atoms with van der Waals surface area (Å²) in [5.74, 6) is 0.149. The highest BCUT2D eigenvalue weighted by Gasteiger charge is 2.15. The van der Waals surface area contributed by atoms with Crippen LogP contribution in [0, 0.1) is 6.92 Å². The van der Waals surface area contributed by atoms with E-state index in [1.54, 1.807) is 23.7 Å². The van der Waals surface area contributed by atoms with Crippen molar-refractivity contribution in [3.05, 3.63) is 92.9 Å². The molecular formula is C22H22N2O3S. The number of benzene rings is 2. The Morgan fingerprint density at radius 1 is 1.11 bits per heavy atom. The van der Waals surface area contributed by atoms with Crippen molar-refractivity contribution >= 4 is 17.7 Å². The Bertz CT molecular complexity index is 1050. The van der Waals surface area contributed by atoms with Crippen LogP contribution in [0.2, 0.25) is 0 Å². The van der Waals surface area contributed by atoms with Crippen LogP contribution in [0.3, 0.4) is 0 Å². The summed E-state index contributed by atoms with van der Waals surface area (Å²) in [6, 6.07) is 17.2. The predicted octanol–water partition coefficient (Wildman–Crippen LogP) is 3.76. The fourth-order valence-corrected chi connectivity index (χ4v) is 3.97. The van der Waals surface area contributed by atoms with Gasteiger partial charge in [0.2, 0.25) is 0 Å². The summed E-state index contributed by atoms with van der Waals surface area (Å²) in [6.45, 7) is 1.87. The van der Waals surface area contributed by atoms with Crippen LogP contribution in [0.15, 0.2) is 64.5 Å². The van der Waals surface area contributed by atoms with E-state index >= 15 is 0 Å². The fourth-order valence-electron chi connectivity index (χ4n) is 2.96. The van der Waals surface area contributed by atoms with Crippen molar-refractivity contribution in [2.24, 2.45) is 7.05 Å². The van der Waals surface area contributed by atoms with Gasteiger partial charge in [-0.15, -0.1) is 0 Å². The second-order valence-electron chi connectivity index (χ2n) is 6.42. The minimum Gasteiger partial charge on any atom is -0.465 e. The third-order valence-corrected chi connectivity index (χ3v) is 5.63. The first-order valence-corrected chi connectivity index (χ1v) is 9.89. The third kappa shape index (κ3) is 4.34. The summed E-state index contributed by atoms with van der Waals surface area (Å²) in [5.41, 5.74) is 3.85. The maximum absolute atomic E-state index is 12.9. The number of hydrogen-bond acceptors (Lipinski definition) is 5. The van der Waals surface area contributed by atoms with Crippen molar-refractivity contribution in [2.75, 3.05) is 7.11 Å². The van der Waals surface area contributed by atoms with Gasteiger partial charge in [0, 0.05) is 30.5 Å². The van der Waals surface area contributed by atoms with Gasteiger partial charge in [0.05, 0.1) is 12.7 Å². The van der Waals surface area contributed by atoms with Crippen LogP contribution in [0.25, 0.3) is 0 Å². The molecule has 2 aromatic carbocycles. The van der Waals surface area contributed by atoms with E-state index in [0.29, 0.717) is 28.5 Å². The van der Waals surface area contributed by atoms with E-state index in [2.05, 4.69) is 4.98 Å². The Labute approximate surface area is 168 Å². The van der Waals surface area contributed by atoms with Crippen molar-refractivity contribution in [1.82, 2.24) is 9.55 Å². The molecule has 3 rings (SSSR count). The molecule has 3 aromatic rings. The van der Waals surface area contributed by atoms with Crippen LogP contribution in [-0.4, -0.2) is 22.6 Å². The lowest BCUT2D eigenvalue weighted by molar-refractivity contribution is 0.0600. The Kier molecular flexibility index (Phi) is 6.31. The summed E-state index contributed by atoms with van der Waals surface area (Å²) in [7, 11) is 3.10. The van der Waals surface area contributed by atoms with Gasteiger partial charge < -0.3 is 4.74 Å². The van der Waals surface area contributed by atoms with Gasteiger partial charge in [0.25, 0.3) is 5.56 Å². The van der Waals surface area contributed by atoms with E-state index in [1.165, 1.54) is 18.9 Å². The number of hydrogen-bond donors (Lipinski definition) is 0. The first-order chi connectivity index (χ1) is 13.5. The van der Waals surface area contributed by atoms with E-state index < -0.39 is 0 Å². The highest BCUT2D eigenvalue weighted by atomic mass is 32.2. The topological polar surface area (TPSA) is 61.2 Å². The average Bonchev–Trinajstić information content (AvgIpc) is 2.73. The van der Waals surface area contributed by atoms with Gasteiger partial charge in [-0.1, -0.05) is 60.3 Å². The molecule has 0 aliphatic carbocycles. The van der Waals surface area contributed by atoms with Crippen molar-refractivity contribution in [3.8, 4) is 0 Å². The fraction of sp³-hybridized carbons (Fsp3) is 0.227. The number of nitrogens with zero attached hydrogens (tertiary/aromatic N) is 2. The first kappa shape index (κ1) is 19.9. The van der Waals surface area contributed by atoms with E-state index in [1.807, 2.05) is 49.4 Å². The Morgan fingerprint density at radius 2 is 1.79 bits per heavy atom. The molecule has 0 saturated carbocycles. The maximum atomic E-state index is 12.9. The predicted molar refractivity (Wildman–Crippen MR) is 111 cm³/mol. The zero-order valence-corrected chi connectivity index (χ0v) is 17.0. The molecule has 0 aliphatic heterocycles. The molecule has 1 aromatic heterocycles. The normalized spacial score (nSPS) is 10.7. The Balaban J connectivity index is 1.85. The molecule has 5 nitrogen and oxygen atoms in total. The largest absolute Gasteiger partial charge is 0.465 e.